The van der Waals surface area contributed by atoms with Crippen LogP contribution in [-0.4, -0.2) is 102 Å². The monoisotopic (exact) mass is 855 g/mol. The van der Waals surface area contributed by atoms with Crippen LogP contribution in [0.5, 0.6) is 0 Å². The summed E-state index contributed by atoms with van der Waals surface area (Å²) in [4.78, 5) is 81.1. The average molecular weight is 856 g/mol. The maximum absolute atomic E-state index is 12.1. The van der Waals surface area contributed by atoms with Gasteiger partial charge in [-0.1, -0.05) is 13.8 Å². The summed E-state index contributed by atoms with van der Waals surface area (Å²) >= 11 is 0. The molecule has 0 aliphatic carbocycles. The molecule has 0 bridgehead atoms. The molecule has 0 spiro atoms. The number of rotatable bonds is 6. The van der Waals surface area contributed by atoms with E-state index in [1.165, 1.54) is 18.7 Å². The number of hydrogen-bond acceptors (Lipinski definition) is 14. The summed E-state index contributed by atoms with van der Waals surface area (Å²) in [5, 5.41) is 3.00. The van der Waals surface area contributed by atoms with E-state index in [-0.39, 0.29) is 103 Å². The first kappa shape index (κ1) is 60.9. The van der Waals surface area contributed by atoms with Crippen LogP contribution in [0.25, 0.3) is 0 Å². The van der Waals surface area contributed by atoms with E-state index in [9.17, 15) is 33.6 Å². The number of carbonyl (C=O) groups excluding carboxylic acids is 7. The molecule has 0 aromatic carbocycles. The second kappa shape index (κ2) is 29.9. The summed E-state index contributed by atoms with van der Waals surface area (Å²) in [5.74, 6) is -1.23. The molecule has 2 fully saturated rings. The van der Waals surface area contributed by atoms with E-state index in [4.69, 9.17) is 25.1 Å². The number of Topliss-reactive ketones (excluding diaryl/α,β-unsaturated/α-hetero) is 2. The van der Waals surface area contributed by atoms with E-state index in [2.05, 4.69) is 10.1 Å². The molecular weight excluding hydrogens is 785 g/mol. The maximum Gasteiger partial charge on any atom is 0.519 e. The normalized spacial score (nSPS) is 18.6. The molecule has 0 radical (unpaired) electrons. The highest BCUT2D eigenvalue weighted by molar-refractivity contribution is 7.59. The highest BCUT2D eigenvalue weighted by atomic mass is 32.1. The van der Waals surface area contributed by atoms with E-state index in [1.807, 2.05) is 0 Å². The SMILES string of the molecule is CC(C)(C)OC(=O)OC(=O)OC(C)(C)C.CCOC(=O)[C@@H]1CN[C@H](C(C)=O)C1.CCOC(=O)[C@H]1C[C@@H](C(C)=O)N(C(=O)OC(C)(C)C)C1.S.S.S.S.[2H]CC. The fourth-order valence-corrected chi connectivity index (χ4v) is 4.27. The molecule has 54 heavy (non-hydrogen) atoms. The second-order valence-electron chi connectivity index (χ2n) is 14.2. The molecule has 1 N–H and O–H groups in total. The van der Waals surface area contributed by atoms with Crippen molar-refractivity contribution in [1.82, 2.24) is 10.2 Å². The van der Waals surface area contributed by atoms with Crippen molar-refractivity contribution in [3.63, 3.8) is 0 Å². The standard InChI is InChI=1S/C14H23NO5.C10H18O5.C9H15NO3.C2H6.4H2S/c1-6-19-12(17)10-7-11(9(2)16)15(8-10)13(18)20-14(3,4)5;1-9(2,3)14-7(11)13-8(12)15-10(4,5)6;1-3-13-9(12)7-4-8(6(2)11)10-5-7;1-2;;;;/h10-11H,6-8H2,1-5H3;1-6H3;7-8,10H,3-5H2,1-2H3;1-2H3;4*1H2/t10-,11-;;7-,8-;;;;;/m0.0...../s1/i;;;1D;;;;. The van der Waals surface area contributed by atoms with Crippen molar-refractivity contribution in [2.45, 2.75) is 146 Å². The van der Waals surface area contributed by atoms with Crippen LogP contribution in [0.15, 0.2) is 0 Å². The lowest BCUT2D eigenvalue weighted by atomic mass is 10.0. The molecule has 1 amide bonds. The van der Waals surface area contributed by atoms with Crippen LogP contribution in [-0.2, 0) is 47.6 Å². The highest BCUT2D eigenvalue weighted by Gasteiger charge is 2.43. The highest BCUT2D eigenvalue weighted by Crippen LogP contribution is 2.27. The van der Waals surface area contributed by atoms with Gasteiger partial charge in [-0.25, -0.2) is 14.4 Å². The van der Waals surface area contributed by atoms with Crippen LogP contribution < -0.4 is 5.32 Å². The Labute approximate surface area is 351 Å². The molecule has 0 saturated carbocycles. The Morgan fingerprint density at radius 2 is 1.06 bits per heavy atom. The molecule has 0 aromatic rings. The number of nitrogens with one attached hydrogen (secondary N) is 1. The summed E-state index contributed by atoms with van der Waals surface area (Å²) in [7, 11) is 0. The minimum atomic E-state index is -1.06. The van der Waals surface area contributed by atoms with Gasteiger partial charge in [-0.3, -0.25) is 24.1 Å². The molecule has 2 aliphatic rings. The maximum atomic E-state index is 12.1. The molecule has 0 unspecified atom stereocenters. The number of ketones is 2. The summed E-state index contributed by atoms with van der Waals surface area (Å²) < 4.78 is 35.1. The minimum absolute atomic E-state index is 0. The molecule has 2 rings (SSSR count). The van der Waals surface area contributed by atoms with E-state index in [1.54, 1.807) is 83.1 Å². The van der Waals surface area contributed by atoms with Crippen LogP contribution in [0.1, 0.15) is 118 Å². The van der Waals surface area contributed by atoms with Gasteiger partial charge in [-0.15, -0.1) is 0 Å². The van der Waals surface area contributed by atoms with Crippen molar-refractivity contribution in [3.05, 3.63) is 0 Å². The number of nitrogens with zero attached hydrogens (tertiary/aromatic N) is 1. The molecule has 2 heterocycles. The summed E-state index contributed by atoms with van der Waals surface area (Å²) in [6.45, 7) is 25.4. The third-order valence-electron chi connectivity index (χ3n) is 6.21. The lowest BCUT2D eigenvalue weighted by molar-refractivity contribution is -0.148. The number of esters is 2. The van der Waals surface area contributed by atoms with E-state index in [0.29, 0.717) is 32.9 Å². The Kier molecular flexibility index (Phi) is 33.7. The first-order valence-corrected chi connectivity index (χ1v) is 16.7. The van der Waals surface area contributed by atoms with Crippen LogP contribution >= 0.6 is 54.0 Å². The zero-order chi connectivity index (χ0) is 40.3. The molecule has 0 aromatic heterocycles. The van der Waals surface area contributed by atoms with Gasteiger partial charge in [0.1, 0.15) is 22.6 Å². The van der Waals surface area contributed by atoms with E-state index < -0.39 is 47.2 Å². The Hall–Kier alpha value is -2.35. The van der Waals surface area contributed by atoms with Gasteiger partial charge >= 0.3 is 30.3 Å². The number of hydrogen-bond donors (Lipinski definition) is 1. The first-order chi connectivity index (χ1) is 23.2. The summed E-state index contributed by atoms with van der Waals surface area (Å²) in [5.41, 5.74) is -2.03. The largest absolute Gasteiger partial charge is 0.519 e. The Morgan fingerprint density at radius 3 is 1.37 bits per heavy atom. The zero-order valence-corrected chi connectivity index (χ0v) is 38.5. The van der Waals surface area contributed by atoms with Gasteiger partial charge in [0.05, 0.1) is 37.1 Å². The quantitative estimate of drug-likeness (QED) is 0.180. The van der Waals surface area contributed by atoms with Gasteiger partial charge in [0, 0.05) is 14.5 Å². The third kappa shape index (κ3) is 29.0. The number of amides is 1. The van der Waals surface area contributed by atoms with Gasteiger partial charge in [-0.05, 0) is 103 Å². The Morgan fingerprint density at radius 1 is 0.667 bits per heavy atom. The molecule has 322 valence electrons. The fraction of sp³-hybridized carbons (Fsp3) is 0.800. The van der Waals surface area contributed by atoms with Crippen LogP contribution in [0.2, 0.25) is 0 Å². The van der Waals surface area contributed by atoms with Gasteiger partial charge in [0.15, 0.2) is 5.78 Å². The molecule has 2 saturated heterocycles. The number of ether oxygens (including phenoxy) is 6. The first-order valence-electron chi connectivity index (χ1n) is 17.4. The van der Waals surface area contributed by atoms with Gasteiger partial charge in [0.25, 0.3) is 0 Å². The minimum Gasteiger partial charge on any atom is -0.466 e. The van der Waals surface area contributed by atoms with Crippen LogP contribution in [0, 0.1) is 11.8 Å². The second-order valence-corrected chi connectivity index (χ2v) is 14.2. The average Bonchev–Trinajstić information content (AvgIpc) is 3.60. The van der Waals surface area contributed by atoms with Gasteiger partial charge in [0.2, 0.25) is 0 Å². The lowest BCUT2D eigenvalue weighted by Crippen LogP contribution is -2.42. The molecule has 2 aliphatic heterocycles. The zero-order valence-electron chi connectivity index (χ0n) is 35.5. The van der Waals surface area contributed by atoms with Gasteiger partial charge < -0.3 is 33.7 Å². The topological polar surface area (TPSA) is 190 Å². The van der Waals surface area contributed by atoms with Crippen molar-refractivity contribution >= 4 is 95.9 Å². The predicted molar refractivity (Wildman–Crippen MR) is 226 cm³/mol. The Bertz CT molecular complexity index is 1150. The molecule has 19 heteroatoms. The van der Waals surface area contributed by atoms with E-state index in [0.717, 1.165) is 0 Å². The fourth-order valence-electron chi connectivity index (χ4n) is 4.27. The van der Waals surface area contributed by atoms with Crippen LogP contribution in [0.3, 0.4) is 0 Å². The lowest BCUT2D eigenvalue weighted by Gasteiger charge is -2.27. The number of carbonyl (C=O) groups is 7. The Balaban J connectivity index is -0.000000156. The van der Waals surface area contributed by atoms with Crippen molar-refractivity contribution in [3.8, 4) is 0 Å². The van der Waals surface area contributed by atoms with Crippen molar-refractivity contribution in [1.29, 1.82) is 0 Å². The third-order valence-corrected chi connectivity index (χ3v) is 6.21. The molecule has 4 atom stereocenters. The van der Waals surface area contributed by atoms with Crippen molar-refractivity contribution in [2.75, 3.05) is 26.3 Å². The van der Waals surface area contributed by atoms with Crippen LogP contribution in [0.4, 0.5) is 14.4 Å². The van der Waals surface area contributed by atoms with Gasteiger partial charge in [-0.2, -0.15) is 54.0 Å². The van der Waals surface area contributed by atoms with Crippen molar-refractivity contribution in [2.24, 2.45) is 11.8 Å². The predicted octanol–water partition coefficient (Wildman–Crippen LogP) is 6.23. The summed E-state index contributed by atoms with van der Waals surface area (Å²) in [6.07, 6.45) is -1.81. The number of likely N-dealkylation sites (tertiary alicyclic amines) is 1. The molecular formula is C35H70N2O13S4. The van der Waals surface area contributed by atoms with E-state index >= 15 is 0 Å². The van der Waals surface area contributed by atoms with Crippen molar-refractivity contribution < 1.29 is 63.4 Å². The smallest absolute Gasteiger partial charge is 0.466 e. The summed E-state index contributed by atoms with van der Waals surface area (Å²) in [6, 6.07) is -0.770. The molecule has 15 nitrogen and oxygen atoms in total.